The standard InChI is InChI=1S/C16H17NO/c1-16(2)12-6-4-5-7-14(12)17(3)15-9-8-11(18)10-13(15)16/h4-10,18H,1-3H3. The maximum atomic E-state index is 9.74. The van der Waals surface area contributed by atoms with Gasteiger partial charge in [-0.15, -0.1) is 0 Å². The van der Waals surface area contributed by atoms with Crippen molar-refractivity contribution in [2.24, 2.45) is 0 Å². The van der Waals surface area contributed by atoms with Gasteiger partial charge >= 0.3 is 0 Å². The predicted octanol–water partition coefficient (Wildman–Crippen LogP) is 3.80. The SMILES string of the molecule is CN1c2ccccc2C(C)(C)c2cc(O)ccc21. The van der Waals surface area contributed by atoms with E-state index >= 15 is 0 Å². The quantitative estimate of drug-likeness (QED) is 0.756. The maximum absolute atomic E-state index is 9.74. The van der Waals surface area contributed by atoms with E-state index in [-0.39, 0.29) is 5.41 Å². The summed E-state index contributed by atoms with van der Waals surface area (Å²) in [5.74, 6) is 0.328. The zero-order valence-corrected chi connectivity index (χ0v) is 10.9. The molecule has 0 spiro atoms. The van der Waals surface area contributed by atoms with E-state index in [2.05, 4.69) is 50.1 Å². The fourth-order valence-electron chi connectivity index (χ4n) is 2.89. The van der Waals surface area contributed by atoms with E-state index in [1.54, 1.807) is 6.07 Å². The Balaban J connectivity index is 2.33. The molecule has 0 fully saturated rings. The number of hydrogen-bond donors (Lipinski definition) is 1. The average Bonchev–Trinajstić information content (AvgIpc) is 2.36. The molecule has 0 aliphatic carbocycles. The van der Waals surface area contributed by atoms with Crippen molar-refractivity contribution in [3.8, 4) is 5.75 Å². The van der Waals surface area contributed by atoms with Crippen LogP contribution in [-0.4, -0.2) is 12.2 Å². The first-order valence-corrected chi connectivity index (χ1v) is 6.18. The molecule has 0 radical (unpaired) electrons. The lowest BCUT2D eigenvalue weighted by Crippen LogP contribution is -2.30. The van der Waals surface area contributed by atoms with E-state index < -0.39 is 0 Å². The zero-order valence-electron chi connectivity index (χ0n) is 10.9. The minimum atomic E-state index is -0.0861. The van der Waals surface area contributed by atoms with E-state index in [0.29, 0.717) is 5.75 Å². The van der Waals surface area contributed by atoms with Crippen molar-refractivity contribution >= 4 is 11.4 Å². The van der Waals surface area contributed by atoms with E-state index in [0.717, 1.165) is 5.69 Å². The maximum Gasteiger partial charge on any atom is 0.116 e. The Morgan fingerprint density at radius 2 is 1.61 bits per heavy atom. The molecular formula is C16H17NO. The van der Waals surface area contributed by atoms with Crippen molar-refractivity contribution < 1.29 is 5.11 Å². The summed E-state index contributed by atoms with van der Waals surface area (Å²) in [5, 5.41) is 9.74. The monoisotopic (exact) mass is 239 g/mol. The van der Waals surface area contributed by atoms with Crippen molar-refractivity contribution in [1.29, 1.82) is 0 Å². The number of anilines is 2. The molecule has 1 N–H and O–H groups in total. The molecule has 0 aromatic heterocycles. The van der Waals surface area contributed by atoms with E-state index in [1.807, 2.05) is 12.1 Å². The Kier molecular flexibility index (Phi) is 2.18. The van der Waals surface area contributed by atoms with Gasteiger partial charge in [-0.3, -0.25) is 0 Å². The Morgan fingerprint density at radius 3 is 2.39 bits per heavy atom. The molecule has 18 heavy (non-hydrogen) atoms. The van der Waals surface area contributed by atoms with Crippen LogP contribution >= 0.6 is 0 Å². The first kappa shape index (κ1) is 11.1. The van der Waals surface area contributed by atoms with E-state index in [4.69, 9.17) is 0 Å². The number of benzene rings is 2. The molecule has 0 amide bonds. The van der Waals surface area contributed by atoms with Gasteiger partial charge in [-0.2, -0.15) is 0 Å². The average molecular weight is 239 g/mol. The molecule has 2 heteroatoms. The van der Waals surface area contributed by atoms with Crippen LogP contribution in [0.2, 0.25) is 0 Å². The smallest absolute Gasteiger partial charge is 0.116 e. The zero-order chi connectivity index (χ0) is 12.9. The molecule has 0 saturated carbocycles. The number of fused-ring (bicyclic) bond motifs is 2. The second-order valence-corrected chi connectivity index (χ2v) is 5.40. The summed E-state index contributed by atoms with van der Waals surface area (Å²) in [7, 11) is 2.07. The normalized spacial score (nSPS) is 16.1. The van der Waals surface area contributed by atoms with Crippen LogP contribution in [0.3, 0.4) is 0 Å². The summed E-state index contributed by atoms with van der Waals surface area (Å²) in [6, 6.07) is 14.1. The Morgan fingerprint density at radius 1 is 0.944 bits per heavy atom. The van der Waals surface area contributed by atoms with Crippen molar-refractivity contribution in [3.63, 3.8) is 0 Å². The van der Waals surface area contributed by atoms with Crippen LogP contribution in [0.25, 0.3) is 0 Å². The minimum Gasteiger partial charge on any atom is -0.508 e. The molecule has 2 aromatic carbocycles. The van der Waals surface area contributed by atoms with Gasteiger partial charge in [0.1, 0.15) is 5.75 Å². The Hall–Kier alpha value is -1.96. The highest BCUT2D eigenvalue weighted by molar-refractivity contribution is 5.77. The molecule has 1 aliphatic rings. The van der Waals surface area contributed by atoms with E-state index in [1.165, 1.54) is 16.8 Å². The summed E-state index contributed by atoms with van der Waals surface area (Å²) in [4.78, 5) is 2.19. The summed E-state index contributed by atoms with van der Waals surface area (Å²) in [6.07, 6.45) is 0. The lowest BCUT2D eigenvalue weighted by Gasteiger charge is -2.40. The van der Waals surface area contributed by atoms with Crippen LogP contribution in [0.5, 0.6) is 5.75 Å². The van der Waals surface area contributed by atoms with Crippen LogP contribution in [0.4, 0.5) is 11.4 Å². The highest BCUT2D eigenvalue weighted by atomic mass is 16.3. The summed E-state index contributed by atoms with van der Waals surface area (Å²) >= 11 is 0. The molecule has 92 valence electrons. The molecule has 0 unspecified atom stereocenters. The van der Waals surface area contributed by atoms with Crippen molar-refractivity contribution in [1.82, 2.24) is 0 Å². The molecule has 3 rings (SSSR count). The molecule has 1 aliphatic heterocycles. The van der Waals surface area contributed by atoms with Crippen LogP contribution in [-0.2, 0) is 5.41 Å². The largest absolute Gasteiger partial charge is 0.508 e. The first-order chi connectivity index (χ1) is 8.51. The summed E-state index contributed by atoms with van der Waals surface area (Å²) < 4.78 is 0. The second-order valence-electron chi connectivity index (χ2n) is 5.40. The van der Waals surface area contributed by atoms with E-state index in [9.17, 15) is 5.11 Å². The molecule has 1 heterocycles. The molecule has 0 bridgehead atoms. The lowest BCUT2D eigenvalue weighted by molar-refractivity contribution is 0.472. The van der Waals surface area contributed by atoms with Gasteiger partial charge in [0.2, 0.25) is 0 Å². The van der Waals surface area contributed by atoms with Gasteiger partial charge in [-0.25, -0.2) is 0 Å². The van der Waals surface area contributed by atoms with Crippen LogP contribution < -0.4 is 4.90 Å². The van der Waals surface area contributed by atoms with Gasteiger partial charge in [0.05, 0.1) is 0 Å². The fraction of sp³-hybridized carbons (Fsp3) is 0.250. The summed E-state index contributed by atoms with van der Waals surface area (Å²) in [6.45, 7) is 4.41. The highest BCUT2D eigenvalue weighted by Gasteiger charge is 2.34. The highest BCUT2D eigenvalue weighted by Crippen LogP contribution is 2.48. The second kappa shape index (κ2) is 3.52. The number of aromatic hydroxyl groups is 1. The minimum absolute atomic E-state index is 0.0861. The third kappa shape index (κ3) is 1.35. The number of hydrogen-bond acceptors (Lipinski definition) is 2. The molecule has 2 nitrogen and oxygen atoms in total. The molecule has 0 atom stereocenters. The van der Waals surface area contributed by atoms with Crippen LogP contribution in [0.1, 0.15) is 25.0 Å². The van der Waals surface area contributed by atoms with Crippen molar-refractivity contribution in [2.45, 2.75) is 19.3 Å². The number of nitrogens with zero attached hydrogens (tertiary/aromatic N) is 1. The van der Waals surface area contributed by atoms with Gasteiger partial charge in [0.25, 0.3) is 0 Å². The first-order valence-electron chi connectivity index (χ1n) is 6.18. The van der Waals surface area contributed by atoms with Gasteiger partial charge in [0.15, 0.2) is 0 Å². The third-order valence-corrected chi connectivity index (χ3v) is 3.95. The van der Waals surface area contributed by atoms with Gasteiger partial charge < -0.3 is 10.0 Å². The summed E-state index contributed by atoms with van der Waals surface area (Å²) in [5.41, 5.74) is 4.78. The van der Waals surface area contributed by atoms with Crippen LogP contribution in [0, 0.1) is 0 Å². The Bertz CT molecular complexity index is 616. The third-order valence-electron chi connectivity index (χ3n) is 3.95. The van der Waals surface area contributed by atoms with Crippen molar-refractivity contribution in [2.75, 3.05) is 11.9 Å². The molecule has 0 saturated heterocycles. The fourth-order valence-corrected chi connectivity index (χ4v) is 2.89. The number of phenols is 1. The van der Waals surface area contributed by atoms with Gasteiger partial charge in [0, 0.05) is 23.8 Å². The Labute approximate surface area is 107 Å². The number of phenolic OH excluding ortho intramolecular Hbond substituents is 1. The predicted molar refractivity (Wildman–Crippen MR) is 74.7 cm³/mol. The molecular weight excluding hydrogens is 222 g/mol. The van der Waals surface area contributed by atoms with Gasteiger partial charge in [-0.1, -0.05) is 32.0 Å². The molecule has 2 aromatic rings. The lowest BCUT2D eigenvalue weighted by atomic mass is 9.74. The topological polar surface area (TPSA) is 23.5 Å². The van der Waals surface area contributed by atoms with Crippen molar-refractivity contribution in [3.05, 3.63) is 53.6 Å². The number of rotatable bonds is 0. The number of para-hydroxylation sites is 1. The van der Waals surface area contributed by atoms with Gasteiger partial charge in [-0.05, 0) is 35.4 Å². The van der Waals surface area contributed by atoms with Crippen LogP contribution in [0.15, 0.2) is 42.5 Å².